The molecule has 0 radical (unpaired) electrons. The summed E-state index contributed by atoms with van der Waals surface area (Å²) in [4.78, 5) is 13.4. The normalized spacial score (nSPS) is 11.7. The molecule has 0 aliphatic rings. The van der Waals surface area contributed by atoms with Crippen LogP contribution in [0.3, 0.4) is 0 Å². The molecular formula is C19H17NO2S. The summed E-state index contributed by atoms with van der Waals surface area (Å²) in [5.41, 5.74) is 0.619. The van der Waals surface area contributed by atoms with Gasteiger partial charge in [0.2, 0.25) is 0 Å². The number of benzene rings is 2. The molecule has 0 bridgehead atoms. The Bertz CT molecular complexity index is 752. The van der Waals surface area contributed by atoms with Gasteiger partial charge in [-0.1, -0.05) is 24.3 Å². The number of hydrogen-bond donors (Lipinski definition) is 1. The van der Waals surface area contributed by atoms with Crippen molar-refractivity contribution in [2.45, 2.75) is 13.0 Å². The highest BCUT2D eigenvalue weighted by molar-refractivity contribution is 7.10. The van der Waals surface area contributed by atoms with Gasteiger partial charge in [-0.05, 0) is 54.8 Å². The molecule has 0 aliphatic heterocycles. The molecule has 2 aromatic carbocycles. The smallest absolute Gasteiger partial charge is 0.251 e. The molecule has 4 heteroatoms. The van der Waals surface area contributed by atoms with E-state index in [4.69, 9.17) is 4.74 Å². The minimum atomic E-state index is -0.0860. The van der Waals surface area contributed by atoms with Crippen LogP contribution in [-0.2, 0) is 0 Å². The summed E-state index contributed by atoms with van der Waals surface area (Å²) in [5, 5.41) is 5.01. The third kappa shape index (κ3) is 3.99. The lowest BCUT2D eigenvalue weighted by Gasteiger charge is -2.12. The maximum absolute atomic E-state index is 12.3. The number of thiophene rings is 1. The highest BCUT2D eigenvalue weighted by Gasteiger charge is 2.12. The van der Waals surface area contributed by atoms with E-state index in [0.717, 1.165) is 10.6 Å². The summed E-state index contributed by atoms with van der Waals surface area (Å²) in [6.45, 7) is 1.98. The van der Waals surface area contributed by atoms with Crippen LogP contribution in [0.2, 0.25) is 0 Å². The topological polar surface area (TPSA) is 38.3 Å². The summed E-state index contributed by atoms with van der Waals surface area (Å²) in [7, 11) is 0. The summed E-state index contributed by atoms with van der Waals surface area (Å²) < 4.78 is 5.72. The number of rotatable bonds is 5. The molecule has 0 spiro atoms. The van der Waals surface area contributed by atoms with Gasteiger partial charge in [-0.15, -0.1) is 11.3 Å². The molecule has 0 aliphatic carbocycles. The van der Waals surface area contributed by atoms with Gasteiger partial charge >= 0.3 is 0 Å². The average molecular weight is 323 g/mol. The van der Waals surface area contributed by atoms with Crippen molar-refractivity contribution in [3.8, 4) is 11.5 Å². The van der Waals surface area contributed by atoms with Crippen molar-refractivity contribution in [2.75, 3.05) is 0 Å². The molecule has 1 atom stereocenters. The molecule has 1 amide bonds. The van der Waals surface area contributed by atoms with Gasteiger partial charge in [0, 0.05) is 10.4 Å². The second kappa shape index (κ2) is 7.11. The molecule has 1 heterocycles. The molecule has 3 nitrogen and oxygen atoms in total. The first kappa shape index (κ1) is 15.3. The van der Waals surface area contributed by atoms with E-state index in [1.165, 1.54) is 0 Å². The first-order valence-electron chi connectivity index (χ1n) is 7.39. The van der Waals surface area contributed by atoms with E-state index in [9.17, 15) is 4.79 Å². The van der Waals surface area contributed by atoms with E-state index in [0.29, 0.717) is 11.3 Å². The zero-order valence-electron chi connectivity index (χ0n) is 12.7. The highest BCUT2D eigenvalue weighted by atomic mass is 32.1. The third-order valence-corrected chi connectivity index (χ3v) is 4.47. The average Bonchev–Trinajstić information content (AvgIpc) is 3.11. The van der Waals surface area contributed by atoms with Gasteiger partial charge < -0.3 is 10.1 Å². The van der Waals surface area contributed by atoms with Crippen LogP contribution >= 0.6 is 11.3 Å². The van der Waals surface area contributed by atoms with Crippen LogP contribution in [0, 0.1) is 0 Å². The van der Waals surface area contributed by atoms with Crippen molar-refractivity contribution >= 4 is 17.2 Å². The van der Waals surface area contributed by atoms with E-state index in [2.05, 4.69) is 5.32 Å². The van der Waals surface area contributed by atoms with E-state index in [1.54, 1.807) is 35.6 Å². The molecule has 0 saturated carbocycles. The zero-order chi connectivity index (χ0) is 16.1. The van der Waals surface area contributed by atoms with Gasteiger partial charge in [-0.2, -0.15) is 0 Å². The zero-order valence-corrected chi connectivity index (χ0v) is 13.5. The minimum Gasteiger partial charge on any atom is -0.457 e. The first-order chi connectivity index (χ1) is 11.2. The van der Waals surface area contributed by atoms with E-state index < -0.39 is 0 Å². The van der Waals surface area contributed by atoms with E-state index >= 15 is 0 Å². The SMILES string of the molecule is CC(NC(=O)c1ccc(Oc2ccccc2)cc1)c1cccs1. The Labute approximate surface area is 139 Å². The monoisotopic (exact) mass is 323 g/mol. The lowest BCUT2D eigenvalue weighted by Crippen LogP contribution is -2.25. The number of carbonyl (C=O) groups excluding carboxylic acids is 1. The molecule has 116 valence electrons. The fraction of sp³-hybridized carbons (Fsp3) is 0.105. The van der Waals surface area contributed by atoms with Gasteiger partial charge in [-0.3, -0.25) is 4.79 Å². The predicted octanol–water partition coefficient (Wildman–Crippen LogP) is 5.03. The van der Waals surface area contributed by atoms with Crippen molar-refractivity contribution in [3.05, 3.63) is 82.6 Å². The lowest BCUT2D eigenvalue weighted by molar-refractivity contribution is 0.0940. The summed E-state index contributed by atoms with van der Waals surface area (Å²) in [6.07, 6.45) is 0. The Morgan fingerprint density at radius 1 is 0.957 bits per heavy atom. The standard InChI is InChI=1S/C19H17NO2S/c1-14(18-8-5-13-23-18)20-19(21)15-9-11-17(12-10-15)22-16-6-3-2-4-7-16/h2-14H,1H3,(H,20,21). The van der Waals surface area contributed by atoms with Crippen LogP contribution in [0.4, 0.5) is 0 Å². The van der Waals surface area contributed by atoms with Gasteiger partial charge in [0.1, 0.15) is 11.5 Å². The van der Waals surface area contributed by atoms with Crippen molar-refractivity contribution in [2.24, 2.45) is 0 Å². The summed E-state index contributed by atoms with van der Waals surface area (Å²) in [5.74, 6) is 1.40. The van der Waals surface area contributed by atoms with Crippen LogP contribution in [0.15, 0.2) is 72.1 Å². The van der Waals surface area contributed by atoms with Crippen molar-refractivity contribution in [1.29, 1.82) is 0 Å². The lowest BCUT2D eigenvalue weighted by atomic mass is 10.2. The maximum Gasteiger partial charge on any atom is 0.251 e. The van der Waals surface area contributed by atoms with Gasteiger partial charge in [0.15, 0.2) is 0 Å². The van der Waals surface area contributed by atoms with E-state index in [-0.39, 0.29) is 11.9 Å². The van der Waals surface area contributed by atoms with Gasteiger partial charge in [0.05, 0.1) is 6.04 Å². The Balaban J connectivity index is 1.63. The Kier molecular flexibility index (Phi) is 4.74. The van der Waals surface area contributed by atoms with Crippen molar-refractivity contribution in [3.63, 3.8) is 0 Å². The fourth-order valence-corrected chi connectivity index (χ4v) is 2.92. The molecule has 23 heavy (non-hydrogen) atoms. The summed E-state index contributed by atoms with van der Waals surface area (Å²) >= 11 is 1.64. The number of ether oxygens (including phenoxy) is 1. The molecule has 0 fully saturated rings. The Hall–Kier alpha value is -2.59. The van der Waals surface area contributed by atoms with Crippen LogP contribution in [0.1, 0.15) is 28.2 Å². The largest absolute Gasteiger partial charge is 0.457 e. The second-order valence-electron chi connectivity index (χ2n) is 5.15. The van der Waals surface area contributed by atoms with Crippen LogP contribution in [0.5, 0.6) is 11.5 Å². The number of hydrogen-bond acceptors (Lipinski definition) is 3. The molecule has 1 aromatic heterocycles. The molecule has 0 saturated heterocycles. The maximum atomic E-state index is 12.3. The molecule has 3 rings (SSSR count). The predicted molar refractivity (Wildman–Crippen MR) is 93.2 cm³/mol. The second-order valence-corrected chi connectivity index (χ2v) is 6.13. The molecule has 1 unspecified atom stereocenters. The molecular weight excluding hydrogens is 306 g/mol. The van der Waals surface area contributed by atoms with Crippen molar-refractivity contribution < 1.29 is 9.53 Å². The van der Waals surface area contributed by atoms with Crippen LogP contribution < -0.4 is 10.1 Å². The van der Waals surface area contributed by atoms with Gasteiger partial charge in [-0.25, -0.2) is 0 Å². The van der Waals surface area contributed by atoms with Crippen molar-refractivity contribution in [1.82, 2.24) is 5.32 Å². The Morgan fingerprint density at radius 2 is 1.65 bits per heavy atom. The fourth-order valence-electron chi connectivity index (χ4n) is 2.19. The number of nitrogens with one attached hydrogen (secondary N) is 1. The number of para-hydroxylation sites is 1. The highest BCUT2D eigenvalue weighted by Crippen LogP contribution is 2.22. The summed E-state index contributed by atoms with van der Waals surface area (Å²) in [6, 6.07) is 20.7. The first-order valence-corrected chi connectivity index (χ1v) is 8.27. The third-order valence-electron chi connectivity index (χ3n) is 3.41. The van der Waals surface area contributed by atoms with Crippen LogP contribution in [0.25, 0.3) is 0 Å². The number of amides is 1. The number of carbonyl (C=O) groups is 1. The molecule has 1 N–H and O–H groups in total. The minimum absolute atomic E-state index is 0.00254. The van der Waals surface area contributed by atoms with Gasteiger partial charge in [0.25, 0.3) is 5.91 Å². The van der Waals surface area contributed by atoms with E-state index in [1.807, 2.05) is 54.8 Å². The van der Waals surface area contributed by atoms with Crippen LogP contribution in [-0.4, -0.2) is 5.91 Å². The molecule has 3 aromatic rings. The quantitative estimate of drug-likeness (QED) is 0.715. The Morgan fingerprint density at radius 3 is 2.30 bits per heavy atom.